The lowest BCUT2D eigenvalue weighted by Crippen LogP contribution is -2.45. The highest BCUT2D eigenvalue weighted by atomic mass is 28.4. The van der Waals surface area contributed by atoms with Crippen LogP contribution in [0.25, 0.3) is 0 Å². The fourth-order valence-corrected chi connectivity index (χ4v) is 3.90. The fourth-order valence-electron chi connectivity index (χ4n) is 2.56. The van der Waals surface area contributed by atoms with Crippen molar-refractivity contribution in [3.05, 3.63) is 41.5 Å². The first-order chi connectivity index (χ1) is 13.5. The maximum Gasteiger partial charge on any atom is 0.330 e. The van der Waals surface area contributed by atoms with E-state index in [-0.39, 0.29) is 17.1 Å². The second kappa shape index (κ2) is 11.5. The minimum Gasteiger partial charge on any atom is -0.497 e. The smallest absolute Gasteiger partial charge is 0.330 e. The molecule has 29 heavy (non-hydrogen) atoms. The lowest BCUT2D eigenvalue weighted by Gasteiger charge is -2.39. The second-order valence-electron chi connectivity index (χ2n) is 8.81. The molecule has 0 aliphatic carbocycles. The molecule has 0 saturated heterocycles. The molecule has 1 aromatic carbocycles. The van der Waals surface area contributed by atoms with Gasteiger partial charge in [0.15, 0.2) is 8.32 Å². The third kappa shape index (κ3) is 9.15. The second-order valence-corrected chi connectivity index (χ2v) is 13.6. The van der Waals surface area contributed by atoms with Crippen LogP contribution < -0.4 is 4.74 Å². The van der Waals surface area contributed by atoms with Crippen molar-refractivity contribution in [3.63, 3.8) is 0 Å². The summed E-state index contributed by atoms with van der Waals surface area (Å²) in [5.74, 6) is 0.517. The summed E-state index contributed by atoms with van der Waals surface area (Å²) in [5.41, 5.74) is 2.01. The van der Waals surface area contributed by atoms with Crippen molar-refractivity contribution in [1.29, 1.82) is 0 Å². The summed E-state index contributed by atoms with van der Waals surface area (Å²) in [6.45, 7) is 16.2. The van der Waals surface area contributed by atoms with Gasteiger partial charge in [0, 0.05) is 6.08 Å². The Labute approximate surface area is 177 Å². The highest BCUT2D eigenvalue weighted by Gasteiger charge is 2.39. The Balaban J connectivity index is 2.79. The molecular weight excluding hydrogens is 384 g/mol. The molecular formula is C23H38O5Si. The summed E-state index contributed by atoms with van der Waals surface area (Å²) in [4.78, 5) is 11.8. The van der Waals surface area contributed by atoms with Crippen molar-refractivity contribution >= 4 is 14.3 Å². The molecule has 0 amide bonds. The van der Waals surface area contributed by atoms with Gasteiger partial charge in [0.2, 0.25) is 0 Å². The molecule has 164 valence electrons. The molecule has 0 saturated carbocycles. The number of carbonyl (C=O) groups excluding carboxylic acids is 1. The summed E-state index contributed by atoms with van der Waals surface area (Å²) in [6, 6.07) is 7.84. The van der Waals surface area contributed by atoms with Crippen LogP contribution >= 0.6 is 0 Å². The molecule has 0 aliphatic rings. The minimum absolute atomic E-state index is 0.0972. The van der Waals surface area contributed by atoms with Crippen LogP contribution in [0.2, 0.25) is 18.1 Å². The van der Waals surface area contributed by atoms with Crippen LogP contribution in [-0.4, -0.2) is 40.7 Å². The molecule has 0 N–H and O–H groups in total. The van der Waals surface area contributed by atoms with E-state index < -0.39 is 8.32 Å². The number of rotatable bonds is 11. The van der Waals surface area contributed by atoms with Gasteiger partial charge in [-0.1, -0.05) is 38.5 Å². The van der Waals surface area contributed by atoms with Gasteiger partial charge in [-0.05, 0) is 56.1 Å². The number of ether oxygens (including phenoxy) is 3. The van der Waals surface area contributed by atoms with E-state index in [9.17, 15) is 4.79 Å². The number of hydrogen-bond acceptors (Lipinski definition) is 5. The number of benzene rings is 1. The van der Waals surface area contributed by atoms with E-state index in [0.29, 0.717) is 26.2 Å². The van der Waals surface area contributed by atoms with Gasteiger partial charge < -0.3 is 18.6 Å². The van der Waals surface area contributed by atoms with E-state index in [1.165, 1.54) is 0 Å². The molecule has 1 rings (SSSR count). The van der Waals surface area contributed by atoms with E-state index in [1.807, 2.05) is 31.2 Å². The van der Waals surface area contributed by atoms with Crippen LogP contribution in [0.3, 0.4) is 0 Å². The zero-order valence-electron chi connectivity index (χ0n) is 19.3. The van der Waals surface area contributed by atoms with Gasteiger partial charge in [0.05, 0.1) is 33.0 Å². The average Bonchev–Trinajstić information content (AvgIpc) is 2.61. The van der Waals surface area contributed by atoms with E-state index in [2.05, 4.69) is 33.9 Å². The lowest BCUT2D eigenvalue weighted by molar-refractivity contribution is -0.137. The third-order valence-electron chi connectivity index (χ3n) is 5.20. The van der Waals surface area contributed by atoms with E-state index in [4.69, 9.17) is 18.6 Å². The van der Waals surface area contributed by atoms with Crippen LogP contribution in [0.4, 0.5) is 0 Å². The summed E-state index contributed by atoms with van der Waals surface area (Å²) >= 11 is 0. The molecule has 0 spiro atoms. The molecule has 0 bridgehead atoms. The molecule has 0 aliphatic heterocycles. The van der Waals surface area contributed by atoms with Crippen molar-refractivity contribution in [2.75, 3.05) is 20.3 Å². The zero-order valence-corrected chi connectivity index (χ0v) is 20.3. The zero-order chi connectivity index (χ0) is 22.1. The molecule has 0 radical (unpaired) electrons. The van der Waals surface area contributed by atoms with E-state index in [1.54, 1.807) is 20.1 Å². The predicted octanol–water partition coefficient (Wildman–Crippen LogP) is 5.50. The van der Waals surface area contributed by atoms with Crippen molar-refractivity contribution < 1.29 is 23.4 Å². The molecule has 0 heterocycles. The van der Waals surface area contributed by atoms with Crippen LogP contribution in [-0.2, 0) is 25.3 Å². The predicted molar refractivity (Wildman–Crippen MR) is 120 cm³/mol. The van der Waals surface area contributed by atoms with Crippen molar-refractivity contribution in [1.82, 2.24) is 0 Å². The number of methoxy groups -OCH3 is 1. The molecule has 1 atom stereocenters. The SMILES string of the molecule is CCOC(=O)/C=C(\C)C[C@H](COCc1ccc(OC)cc1)O[Si](C)(C)C(C)(C)C. The van der Waals surface area contributed by atoms with Gasteiger partial charge in [-0.25, -0.2) is 4.79 Å². The molecule has 5 nitrogen and oxygen atoms in total. The highest BCUT2D eigenvalue weighted by molar-refractivity contribution is 6.74. The molecule has 0 aromatic heterocycles. The van der Waals surface area contributed by atoms with Gasteiger partial charge in [0.1, 0.15) is 5.75 Å². The lowest BCUT2D eigenvalue weighted by atomic mass is 10.1. The van der Waals surface area contributed by atoms with Crippen molar-refractivity contribution in [2.24, 2.45) is 0 Å². The van der Waals surface area contributed by atoms with Crippen molar-refractivity contribution in [2.45, 2.75) is 71.9 Å². The Morgan fingerprint density at radius 2 is 1.79 bits per heavy atom. The van der Waals surface area contributed by atoms with E-state index in [0.717, 1.165) is 16.9 Å². The molecule has 0 unspecified atom stereocenters. The first kappa shape index (κ1) is 25.4. The van der Waals surface area contributed by atoms with Crippen LogP contribution in [0.5, 0.6) is 5.75 Å². The minimum atomic E-state index is -1.97. The van der Waals surface area contributed by atoms with Gasteiger partial charge >= 0.3 is 5.97 Å². The summed E-state index contributed by atoms with van der Waals surface area (Å²) in [5, 5.41) is 0.0972. The van der Waals surface area contributed by atoms with Gasteiger partial charge in [-0.15, -0.1) is 0 Å². The van der Waals surface area contributed by atoms with Crippen LogP contribution in [0.1, 0.15) is 46.6 Å². The van der Waals surface area contributed by atoms with Crippen LogP contribution in [0.15, 0.2) is 35.9 Å². The van der Waals surface area contributed by atoms with Gasteiger partial charge in [0.25, 0.3) is 0 Å². The molecule has 6 heteroatoms. The largest absolute Gasteiger partial charge is 0.497 e. The van der Waals surface area contributed by atoms with Crippen LogP contribution in [0, 0.1) is 0 Å². The maximum atomic E-state index is 11.8. The Morgan fingerprint density at radius 1 is 1.17 bits per heavy atom. The normalized spacial score (nSPS) is 13.9. The van der Waals surface area contributed by atoms with Crippen molar-refractivity contribution in [3.8, 4) is 5.75 Å². The quantitative estimate of drug-likeness (QED) is 0.268. The number of hydrogen-bond donors (Lipinski definition) is 0. The number of esters is 1. The Bertz CT molecular complexity index is 659. The molecule has 1 aromatic rings. The summed E-state index contributed by atoms with van der Waals surface area (Å²) in [7, 11) is -0.318. The highest BCUT2D eigenvalue weighted by Crippen LogP contribution is 2.38. The third-order valence-corrected chi connectivity index (χ3v) is 9.73. The first-order valence-corrected chi connectivity index (χ1v) is 13.1. The standard InChI is InChI=1S/C23H38O5Si/c1-9-27-22(24)15-18(2)14-21(28-29(7,8)23(3,4)5)17-26-16-19-10-12-20(25-6)13-11-19/h10-13,15,21H,9,14,16-17H2,1-8H3/b18-15+/t21-/m1/s1. The first-order valence-electron chi connectivity index (χ1n) is 10.2. The Hall–Kier alpha value is -1.63. The maximum absolute atomic E-state index is 11.8. The Morgan fingerprint density at radius 3 is 2.31 bits per heavy atom. The average molecular weight is 423 g/mol. The van der Waals surface area contributed by atoms with E-state index >= 15 is 0 Å². The summed E-state index contributed by atoms with van der Waals surface area (Å²) < 4.78 is 22.8. The van der Waals surface area contributed by atoms with Gasteiger partial charge in [-0.3, -0.25) is 0 Å². The fraction of sp³-hybridized carbons (Fsp3) is 0.609. The Kier molecular flexibility index (Phi) is 10.1. The topological polar surface area (TPSA) is 54.0 Å². The van der Waals surface area contributed by atoms with Gasteiger partial charge in [-0.2, -0.15) is 0 Å². The molecule has 0 fully saturated rings. The monoisotopic (exact) mass is 422 g/mol. The summed E-state index contributed by atoms with van der Waals surface area (Å²) in [6.07, 6.45) is 2.07. The number of carbonyl (C=O) groups is 1.